The van der Waals surface area contributed by atoms with Gasteiger partial charge in [0.25, 0.3) is 5.91 Å². The number of halogens is 1. The first kappa shape index (κ1) is 16.6. The number of nitrogens with two attached hydrogens (primary N) is 1. The molecule has 0 aliphatic carbocycles. The van der Waals surface area contributed by atoms with Crippen LogP contribution in [-0.2, 0) is 6.61 Å². The molecule has 0 fully saturated rings. The summed E-state index contributed by atoms with van der Waals surface area (Å²) in [6.45, 7) is 3.55. The number of primary amides is 1. The summed E-state index contributed by atoms with van der Waals surface area (Å²) in [6, 6.07) is 5.93. The molecule has 3 heterocycles. The number of carbonyl (C=O) groups is 1. The second kappa shape index (κ2) is 6.68. The fourth-order valence-electron chi connectivity index (χ4n) is 2.30. The average Bonchev–Trinajstić information content (AvgIpc) is 2.94. The summed E-state index contributed by atoms with van der Waals surface area (Å²) in [6.07, 6.45) is 1.11. The van der Waals surface area contributed by atoms with Gasteiger partial charge >= 0.3 is 0 Å². The first-order chi connectivity index (χ1) is 12.0. The Balaban J connectivity index is 1.82. The number of carbonyl (C=O) groups excluding carboxylic acids is 1. The van der Waals surface area contributed by atoms with Crippen LogP contribution in [0.25, 0.3) is 11.4 Å². The normalized spacial score (nSPS) is 10.7. The van der Waals surface area contributed by atoms with Crippen LogP contribution in [0.15, 0.2) is 35.0 Å². The number of rotatable bonds is 5. The van der Waals surface area contributed by atoms with Crippen molar-refractivity contribution in [2.24, 2.45) is 5.73 Å². The molecular weight excluding hydrogens is 327 g/mol. The van der Waals surface area contributed by atoms with Crippen LogP contribution < -0.4 is 10.5 Å². The minimum atomic E-state index is -0.545. The Morgan fingerprint density at radius 3 is 2.72 bits per heavy atom. The average molecular weight is 342 g/mol. The molecular formula is C17H15FN4O3. The summed E-state index contributed by atoms with van der Waals surface area (Å²) in [5.41, 5.74) is 7.70. The summed E-state index contributed by atoms with van der Waals surface area (Å²) in [5.74, 6) is -0.0835. The monoisotopic (exact) mass is 342 g/mol. The molecule has 0 bridgehead atoms. The van der Waals surface area contributed by atoms with Crippen molar-refractivity contribution in [2.45, 2.75) is 20.5 Å². The lowest BCUT2D eigenvalue weighted by molar-refractivity contribution is 0.0999. The third kappa shape index (κ3) is 3.47. The molecule has 0 aromatic carbocycles. The van der Waals surface area contributed by atoms with Crippen molar-refractivity contribution < 1.29 is 18.4 Å². The Kier molecular flexibility index (Phi) is 4.42. The van der Waals surface area contributed by atoms with Gasteiger partial charge in [-0.3, -0.25) is 9.78 Å². The van der Waals surface area contributed by atoms with E-state index in [0.717, 1.165) is 6.20 Å². The molecule has 0 radical (unpaired) electrons. The van der Waals surface area contributed by atoms with Crippen LogP contribution >= 0.6 is 0 Å². The van der Waals surface area contributed by atoms with Gasteiger partial charge in [-0.25, -0.2) is 9.37 Å². The highest BCUT2D eigenvalue weighted by Crippen LogP contribution is 2.25. The van der Waals surface area contributed by atoms with E-state index < -0.39 is 11.7 Å². The lowest BCUT2D eigenvalue weighted by atomic mass is 10.1. The van der Waals surface area contributed by atoms with Crippen molar-refractivity contribution in [2.75, 3.05) is 0 Å². The maximum Gasteiger partial charge on any atom is 0.250 e. The Bertz CT molecular complexity index is 922. The fourth-order valence-corrected chi connectivity index (χ4v) is 2.30. The highest BCUT2D eigenvalue weighted by molar-refractivity contribution is 5.93. The number of amides is 1. The molecule has 7 nitrogen and oxygen atoms in total. The van der Waals surface area contributed by atoms with Crippen molar-refractivity contribution in [3.05, 3.63) is 58.9 Å². The Morgan fingerprint density at radius 1 is 1.28 bits per heavy atom. The lowest BCUT2D eigenvalue weighted by Gasteiger charge is -2.08. The van der Waals surface area contributed by atoms with E-state index in [1.54, 1.807) is 26.0 Å². The van der Waals surface area contributed by atoms with Crippen LogP contribution in [0.1, 0.15) is 27.4 Å². The van der Waals surface area contributed by atoms with Gasteiger partial charge in [0.05, 0.1) is 28.7 Å². The van der Waals surface area contributed by atoms with Gasteiger partial charge in [-0.15, -0.1) is 0 Å². The molecule has 8 heteroatoms. The summed E-state index contributed by atoms with van der Waals surface area (Å²) < 4.78 is 23.9. The predicted octanol–water partition coefficient (Wildman–Crippen LogP) is 2.57. The minimum absolute atomic E-state index is 0.131. The Morgan fingerprint density at radius 2 is 2.08 bits per heavy atom. The first-order valence-corrected chi connectivity index (χ1v) is 7.43. The summed E-state index contributed by atoms with van der Waals surface area (Å²) >= 11 is 0. The van der Waals surface area contributed by atoms with Crippen molar-refractivity contribution in [3.63, 3.8) is 0 Å². The number of ether oxygens (including phenoxy) is 1. The van der Waals surface area contributed by atoms with Crippen LogP contribution in [0, 0.1) is 19.7 Å². The molecule has 0 saturated carbocycles. The highest BCUT2D eigenvalue weighted by atomic mass is 19.1. The maximum absolute atomic E-state index is 13.0. The molecule has 1 amide bonds. The third-order valence-corrected chi connectivity index (χ3v) is 3.64. The number of nitrogens with zero attached hydrogens (tertiary/aromatic N) is 3. The second-order valence-corrected chi connectivity index (χ2v) is 5.36. The quantitative estimate of drug-likeness (QED) is 0.764. The van der Waals surface area contributed by atoms with Crippen molar-refractivity contribution >= 4 is 5.91 Å². The van der Waals surface area contributed by atoms with E-state index in [-0.39, 0.29) is 6.61 Å². The molecule has 0 saturated heterocycles. The van der Waals surface area contributed by atoms with Gasteiger partial charge < -0.3 is 15.0 Å². The minimum Gasteiger partial charge on any atom is -0.473 e. The van der Waals surface area contributed by atoms with E-state index in [2.05, 4.69) is 15.1 Å². The summed E-state index contributed by atoms with van der Waals surface area (Å²) in [7, 11) is 0. The third-order valence-electron chi connectivity index (χ3n) is 3.64. The topological polar surface area (TPSA) is 104 Å². The molecule has 0 aliphatic heterocycles. The molecule has 0 unspecified atom stereocenters. The van der Waals surface area contributed by atoms with E-state index in [9.17, 15) is 9.18 Å². The molecule has 128 valence electrons. The van der Waals surface area contributed by atoms with Crippen LogP contribution in [0.2, 0.25) is 0 Å². The Hall–Kier alpha value is -3.29. The van der Waals surface area contributed by atoms with Gasteiger partial charge in [0.1, 0.15) is 23.9 Å². The van der Waals surface area contributed by atoms with Gasteiger partial charge in [-0.2, -0.15) is 0 Å². The molecule has 0 spiro atoms. The summed E-state index contributed by atoms with van der Waals surface area (Å²) in [5, 5.41) is 3.96. The number of pyridine rings is 2. The van der Waals surface area contributed by atoms with Gasteiger partial charge in [-0.1, -0.05) is 5.16 Å². The second-order valence-electron chi connectivity index (χ2n) is 5.36. The number of hydrogen-bond acceptors (Lipinski definition) is 6. The van der Waals surface area contributed by atoms with E-state index >= 15 is 0 Å². The molecule has 0 aliphatic rings. The summed E-state index contributed by atoms with van der Waals surface area (Å²) in [4.78, 5) is 19.4. The molecule has 3 aromatic rings. The van der Waals surface area contributed by atoms with Gasteiger partial charge in [0.15, 0.2) is 0 Å². The molecule has 2 N–H and O–H groups in total. The van der Waals surface area contributed by atoms with E-state index in [1.165, 1.54) is 12.1 Å². The molecule has 3 rings (SSSR count). The molecule has 25 heavy (non-hydrogen) atoms. The zero-order valence-corrected chi connectivity index (χ0v) is 13.6. The number of aryl methyl sites for hydroxylation is 2. The largest absolute Gasteiger partial charge is 0.473 e. The molecule has 3 aromatic heterocycles. The lowest BCUT2D eigenvalue weighted by Crippen LogP contribution is -2.13. The van der Waals surface area contributed by atoms with Crippen molar-refractivity contribution in [1.82, 2.24) is 15.1 Å². The number of aromatic nitrogens is 3. The SMILES string of the molecule is Cc1nc(OCc2c(-c3ccc(F)cn3)noc2C)ccc1C(N)=O. The van der Waals surface area contributed by atoms with Gasteiger partial charge in [0, 0.05) is 6.07 Å². The smallest absolute Gasteiger partial charge is 0.250 e. The van der Waals surface area contributed by atoms with E-state index in [0.29, 0.717) is 39.8 Å². The van der Waals surface area contributed by atoms with E-state index in [1.807, 2.05) is 0 Å². The zero-order valence-electron chi connectivity index (χ0n) is 13.6. The predicted molar refractivity (Wildman–Crippen MR) is 86.3 cm³/mol. The molecule has 0 atom stereocenters. The Labute approximate surface area is 142 Å². The fraction of sp³-hybridized carbons (Fsp3) is 0.176. The maximum atomic E-state index is 13.0. The standard InChI is InChI=1S/C17H15FN4O3/c1-9-12(17(19)23)4-6-15(21-9)24-8-13-10(2)25-22-16(13)14-5-3-11(18)7-20-14/h3-7H,8H2,1-2H3,(H2,19,23). The number of hydrogen-bond donors (Lipinski definition) is 1. The zero-order chi connectivity index (χ0) is 18.0. The van der Waals surface area contributed by atoms with Crippen molar-refractivity contribution in [1.29, 1.82) is 0 Å². The van der Waals surface area contributed by atoms with Gasteiger partial charge in [0.2, 0.25) is 5.88 Å². The van der Waals surface area contributed by atoms with Crippen LogP contribution in [0.3, 0.4) is 0 Å². The van der Waals surface area contributed by atoms with Crippen LogP contribution in [0.4, 0.5) is 4.39 Å². The first-order valence-electron chi connectivity index (χ1n) is 7.43. The van der Waals surface area contributed by atoms with Crippen molar-refractivity contribution in [3.8, 4) is 17.3 Å². The van der Waals surface area contributed by atoms with Gasteiger partial charge in [-0.05, 0) is 32.0 Å². The van der Waals surface area contributed by atoms with Crippen LogP contribution in [0.5, 0.6) is 5.88 Å². The highest BCUT2D eigenvalue weighted by Gasteiger charge is 2.17. The van der Waals surface area contributed by atoms with Crippen LogP contribution in [-0.4, -0.2) is 21.0 Å². The van der Waals surface area contributed by atoms with E-state index in [4.69, 9.17) is 15.0 Å².